The highest BCUT2D eigenvalue weighted by Gasteiger charge is 2.28. The fourth-order valence-corrected chi connectivity index (χ4v) is 4.33. The first-order valence-electron chi connectivity index (χ1n) is 7.48. The van der Waals surface area contributed by atoms with Crippen LogP contribution in [0.4, 0.5) is 11.4 Å². The summed E-state index contributed by atoms with van der Waals surface area (Å²) in [5, 5.41) is 0.339. The molecule has 0 bridgehead atoms. The lowest BCUT2D eigenvalue weighted by atomic mass is 9.95. The second kappa shape index (κ2) is 5.54. The molecule has 22 heavy (non-hydrogen) atoms. The van der Waals surface area contributed by atoms with Crippen molar-refractivity contribution >= 4 is 23.1 Å². The molecular formula is C20H17NS. The van der Waals surface area contributed by atoms with Gasteiger partial charge in [0.25, 0.3) is 0 Å². The smallest absolute Gasteiger partial charge is 0.0634 e. The molecule has 1 nitrogen and oxygen atoms in total. The minimum Gasteiger partial charge on any atom is -0.344 e. The molecule has 2 heteroatoms. The molecule has 0 aromatic heterocycles. The Bertz CT molecular complexity index is 750. The van der Waals surface area contributed by atoms with E-state index in [9.17, 15) is 0 Å². The van der Waals surface area contributed by atoms with Gasteiger partial charge in [-0.2, -0.15) is 0 Å². The van der Waals surface area contributed by atoms with Crippen molar-refractivity contribution < 1.29 is 0 Å². The van der Waals surface area contributed by atoms with Crippen LogP contribution < -0.4 is 4.90 Å². The molecule has 3 aromatic rings. The van der Waals surface area contributed by atoms with Gasteiger partial charge < -0.3 is 4.90 Å². The predicted octanol–water partition coefficient (Wildman–Crippen LogP) is 5.65. The third kappa shape index (κ3) is 2.20. The number of benzene rings is 3. The van der Waals surface area contributed by atoms with Crippen LogP contribution in [0.2, 0.25) is 0 Å². The Morgan fingerprint density at radius 3 is 1.77 bits per heavy atom. The van der Waals surface area contributed by atoms with E-state index in [0.717, 1.165) is 0 Å². The minimum atomic E-state index is 0.339. The van der Waals surface area contributed by atoms with Crippen LogP contribution >= 0.6 is 11.8 Å². The molecule has 0 saturated heterocycles. The summed E-state index contributed by atoms with van der Waals surface area (Å²) in [4.78, 5) is 3.61. The van der Waals surface area contributed by atoms with E-state index in [1.54, 1.807) is 0 Å². The number of hydrogen-bond donors (Lipinski definition) is 0. The molecule has 1 aliphatic heterocycles. The number of anilines is 2. The van der Waals surface area contributed by atoms with Crippen LogP contribution in [-0.4, -0.2) is 7.05 Å². The maximum Gasteiger partial charge on any atom is 0.0634 e. The third-order valence-electron chi connectivity index (χ3n) is 4.16. The van der Waals surface area contributed by atoms with Crippen molar-refractivity contribution in [2.45, 2.75) is 10.1 Å². The van der Waals surface area contributed by atoms with E-state index in [1.807, 2.05) is 11.8 Å². The number of rotatable bonds is 2. The Morgan fingerprint density at radius 1 is 0.682 bits per heavy atom. The fourth-order valence-electron chi connectivity index (χ4n) is 3.09. The maximum absolute atomic E-state index is 2.30. The van der Waals surface area contributed by atoms with Crippen molar-refractivity contribution in [2.24, 2.45) is 0 Å². The van der Waals surface area contributed by atoms with Crippen LogP contribution in [0.15, 0.2) is 83.8 Å². The molecule has 1 heterocycles. The van der Waals surface area contributed by atoms with Crippen molar-refractivity contribution in [1.82, 2.24) is 0 Å². The largest absolute Gasteiger partial charge is 0.344 e. The molecule has 4 rings (SSSR count). The van der Waals surface area contributed by atoms with Crippen LogP contribution in [0.3, 0.4) is 0 Å². The van der Waals surface area contributed by atoms with Gasteiger partial charge in [0.05, 0.1) is 5.25 Å². The number of fused-ring (bicyclic) bond motifs is 2. The third-order valence-corrected chi connectivity index (χ3v) is 5.45. The number of nitrogens with zero attached hydrogens (tertiary/aromatic N) is 1. The Hall–Kier alpha value is -2.19. The first kappa shape index (κ1) is 13.5. The minimum absolute atomic E-state index is 0.339. The Kier molecular flexibility index (Phi) is 3.39. The fraction of sp³-hybridized carbons (Fsp3) is 0.100. The van der Waals surface area contributed by atoms with E-state index in [0.29, 0.717) is 5.25 Å². The summed E-state index contributed by atoms with van der Waals surface area (Å²) in [7, 11) is 2.15. The van der Waals surface area contributed by atoms with Crippen LogP contribution in [0.5, 0.6) is 0 Å². The van der Waals surface area contributed by atoms with Crippen molar-refractivity contribution in [1.29, 1.82) is 0 Å². The molecule has 0 N–H and O–H groups in total. The van der Waals surface area contributed by atoms with E-state index < -0.39 is 0 Å². The van der Waals surface area contributed by atoms with Gasteiger partial charge in [-0.25, -0.2) is 0 Å². The monoisotopic (exact) mass is 303 g/mol. The van der Waals surface area contributed by atoms with Gasteiger partial charge in [-0.3, -0.25) is 0 Å². The lowest BCUT2D eigenvalue weighted by molar-refractivity contribution is 1.04. The summed E-state index contributed by atoms with van der Waals surface area (Å²) in [6.45, 7) is 0. The normalized spacial score (nSPS) is 13.6. The highest BCUT2D eigenvalue weighted by atomic mass is 32.2. The first-order valence-corrected chi connectivity index (χ1v) is 8.36. The van der Waals surface area contributed by atoms with Crippen LogP contribution in [0, 0.1) is 0 Å². The van der Waals surface area contributed by atoms with Gasteiger partial charge in [0.2, 0.25) is 0 Å². The predicted molar refractivity (Wildman–Crippen MR) is 95.1 cm³/mol. The summed E-state index contributed by atoms with van der Waals surface area (Å²) in [6, 6.07) is 28.1. The van der Waals surface area contributed by atoms with Crippen molar-refractivity contribution in [2.75, 3.05) is 11.9 Å². The zero-order valence-electron chi connectivity index (χ0n) is 12.4. The lowest BCUT2D eigenvalue weighted by Crippen LogP contribution is -2.20. The molecular weight excluding hydrogens is 286 g/mol. The summed E-state index contributed by atoms with van der Waals surface area (Å²) in [5.41, 5.74) is 5.37. The van der Waals surface area contributed by atoms with Gasteiger partial charge >= 0.3 is 0 Å². The van der Waals surface area contributed by atoms with Crippen LogP contribution in [0.25, 0.3) is 0 Å². The Morgan fingerprint density at radius 2 is 1.18 bits per heavy atom. The van der Waals surface area contributed by atoms with Gasteiger partial charge in [0.15, 0.2) is 0 Å². The van der Waals surface area contributed by atoms with Gasteiger partial charge in [-0.1, -0.05) is 54.6 Å². The van der Waals surface area contributed by atoms with E-state index in [2.05, 4.69) is 90.8 Å². The molecule has 0 fully saturated rings. The molecule has 108 valence electrons. The van der Waals surface area contributed by atoms with E-state index >= 15 is 0 Å². The lowest BCUT2D eigenvalue weighted by Gasteiger charge is -2.35. The summed E-state index contributed by atoms with van der Waals surface area (Å²) in [5.74, 6) is 0. The molecule has 0 radical (unpaired) electrons. The number of para-hydroxylation sites is 2. The SMILES string of the molecule is CN1c2ccccc2C(Sc2ccccc2)c2ccccc21. The molecule has 0 saturated carbocycles. The molecule has 0 amide bonds. The molecule has 0 spiro atoms. The molecule has 0 aliphatic carbocycles. The van der Waals surface area contributed by atoms with Crippen molar-refractivity contribution in [3.63, 3.8) is 0 Å². The topological polar surface area (TPSA) is 3.24 Å². The standard InChI is InChI=1S/C20H17NS/c1-21-18-13-7-5-11-16(18)20(17-12-6-8-14-19(17)21)22-15-9-3-2-4-10-15/h2-14,20H,1H3. The van der Waals surface area contributed by atoms with Crippen LogP contribution in [0.1, 0.15) is 16.4 Å². The summed E-state index contributed by atoms with van der Waals surface area (Å²) in [6.07, 6.45) is 0. The average molecular weight is 303 g/mol. The molecule has 0 atom stereocenters. The average Bonchev–Trinajstić information content (AvgIpc) is 2.59. The van der Waals surface area contributed by atoms with Gasteiger partial charge in [-0.05, 0) is 35.4 Å². The second-order valence-electron chi connectivity index (χ2n) is 5.49. The molecule has 3 aromatic carbocycles. The van der Waals surface area contributed by atoms with Gasteiger partial charge in [0.1, 0.15) is 0 Å². The molecule has 1 aliphatic rings. The highest BCUT2D eigenvalue weighted by molar-refractivity contribution is 7.99. The number of hydrogen-bond acceptors (Lipinski definition) is 2. The number of thioether (sulfide) groups is 1. The van der Waals surface area contributed by atoms with Crippen molar-refractivity contribution in [3.05, 3.63) is 90.0 Å². The van der Waals surface area contributed by atoms with E-state index in [-0.39, 0.29) is 0 Å². The van der Waals surface area contributed by atoms with E-state index in [1.165, 1.54) is 27.4 Å². The van der Waals surface area contributed by atoms with Gasteiger partial charge in [-0.15, -0.1) is 11.8 Å². The van der Waals surface area contributed by atoms with Crippen molar-refractivity contribution in [3.8, 4) is 0 Å². The summed E-state index contributed by atoms with van der Waals surface area (Å²) < 4.78 is 0. The summed E-state index contributed by atoms with van der Waals surface area (Å²) >= 11 is 1.93. The Balaban J connectivity index is 1.85. The quantitative estimate of drug-likeness (QED) is 0.602. The first-order chi connectivity index (χ1) is 10.8. The zero-order valence-corrected chi connectivity index (χ0v) is 13.3. The maximum atomic E-state index is 2.30. The Labute approximate surface area is 135 Å². The van der Waals surface area contributed by atoms with E-state index in [4.69, 9.17) is 0 Å². The second-order valence-corrected chi connectivity index (χ2v) is 6.67. The molecule has 0 unspecified atom stereocenters. The zero-order chi connectivity index (χ0) is 14.9. The van der Waals surface area contributed by atoms with Gasteiger partial charge in [0, 0.05) is 23.3 Å². The van der Waals surface area contributed by atoms with Crippen LogP contribution in [-0.2, 0) is 0 Å². The highest BCUT2D eigenvalue weighted by Crippen LogP contribution is 2.51.